The number of thiazole rings is 1. The van der Waals surface area contributed by atoms with Gasteiger partial charge in [0.2, 0.25) is 5.91 Å². The van der Waals surface area contributed by atoms with Crippen molar-refractivity contribution < 1.29 is 9.53 Å². The van der Waals surface area contributed by atoms with E-state index in [1.54, 1.807) is 40.6 Å². The smallest absolute Gasteiger partial charge is 0.308 e. The van der Waals surface area contributed by atoms with Gasteiger partial charge in [-0.15, -0.1) is 11.8 Å². The van der Waals surface area contributed by atoms with E-state index in [1.807, 2.05) is 18.2 Å². The SMILES string of the molecule is O=C(CCn1c2c(sc1=O)[C@H]1c3ccccc3OC[C@@H]1CS2)Nc1ccc(Cl)cc1. The van der Waals surface area contributed by atoms with Crippen molar-refractivity contribution in [2.45, 2.75) is 23.9 Å². The van der Waals surface area contributed by atoms with Gasteiger partial charge >= 0.3 is 4.87 Å². The van der Waals surface area contributed by atoms with E-state index in [2.05, 4.69) is 11.4 Å². The van der Waals surface area contributed by atoms with Gasteiger partial charge in [0.1, 0.15) is 5.75 Å². The van der Waals surface area contributed by atoms with Crippen LogP contribution in [0.5, 0.6) is 5.75 Å². The molecule has 0 aliphatic carbocycles. The molecule has 0 fully saturated rings. The lowest BCUT2D eigenvalue weighted by Gasteiger charge is -2.36. The summed E-state index contributed by atoms with van der Waals surface area (Å²) in [5, 5.41) is 4.48. The zero-order valence-electron chi connectivity index (χ0n) is 16.0. The second kappa shape index (κ2) is 8.13. The molecule has 1 amide bonds. The Hall–Kier alpha value is -2.22. The fraction of sp³-hybridized carbons (Fsp3) is 0.273. The van der Waals surface area contributed by atoms with Crippen LogP contribution in [0.3, 0.4) is 0 Å². The summed E-state index contributed by atoms with van der Waals surface area (Å²) in [5.41, 5.74) is 1.85. The number of benzene rings is 2. The number of ether oxygens (including phenoxy) is 1. The lowest BCUT2D eigenvalue weighted by Crippen LogP contribution is -2.31. The van der Waals surface area contributed by atoms with Gasteiger partial charge < -0.3 is 10.1 Å². The number of anilines is 1. The third-order valence-corrected chi connectivity index (χ3v) is 8.21. The Kier molecular flexibility index (Phi) is 5.35. The van der Waals surface area contributed by atoms with Crippen molar-refractivity contribution in [3.8, 4) is 5.75 Å². The zero-order valence-corrected chi connectivity index (χ0v) is 18.4. The standard InChI is InChI=1S/C22H19ClN2O3S2/c23-14-5-7-15(8-6-14)24-18(26)9-10-25-21-20(30-22(25)27)19-13(12-29-21)11-28-17-4-2-1-3-16(17)19/h1-8,13,19H,9-12H2,(H,24,26)/t13-,19-/m1/s1. The van der Waals surface area contributed by atoms with Crippen LogP contribution in [0.1, 0.15) is 22.8 Å². The average molecular weight is 459 g/mol. The summed E-state index contributed by atoms with van der Waals surface area (Å²) >= 11 is 8.89. The van der Waals surface area contributed by atoms with Crippen molar-refractivity contribution in [3.05, 3.63) is 73.7 Å². The molecule has 154 valence electrons. The molecule has 2 atom stereocenters. The Morgan fingerprint density at radius 3 is 2.83 bits per heavy atom. The van der Waals surface area contributed by atoms with Gasteiger partial charge in [-0.2, -0.15) is 0 Å². The van der Waals surface area contributed by atoms with Gasteiger partial charge in [0.05, 0.1) is 11.6 Å². The normalized spacial score (nSPS) is 19.2. The molecule has 2 aromatic carbocycles. The van der Waals surface area contributed by atoms with Gasteiger partial charge in [-0.1, -0.05) is 41.1 Å². The summed E-state index contributed by atoms with van der Waals surface area (Å²) in [5.74, 6) is 2.23. The highest BCUT2D eigenvalue weighted by molar-refractivity contribution is 7.99. The molecule has 5 nitrogen and oxygen atoms in total. The van der Waals surface area contributed by atoms with Crippen molar-refractivity contribution in [1.29, 1.82) is 0 Å². The van der Waals surface area contributed by atoms with Gasteiger partial charge in [-0.25, -0.2) is 0 Å². The second-order valence-electron chi connectivity index (χ2n) is 7.39. The van der Waals surface area contributed by atoms with E-state index in [0.717, 1.165) is 27.0 Å². The Bertz CT molecular complexity index is 1160. The molecule has 0 unspecified atom stereocenters. The maximum atomic E-state index is 12.8. The molecule has 0 saturated heterocycles. The highest BCUT2D eigenvalue weighted by atomic mass is 35.5. The van der Waals surface area contributed by atoms with Crippen LogP contribution in [-0.2, 0) is 11.3 Å². The maximum absolute atomic E-state index is 12.8. The average Bonchev–Trinajstić information content (AvgIpc) is 3.08. The number of carbonyl (C=O) groups is 1. The van der Waals surface area contributed by atoms with Crippen LogP contribution < -0.4 is 14.9 Å². The van der Waals surface area contributed by atoms with Crippen molar-refractivity contribution >= 4 is 46.3 Å². The summed E-state index contributed by atoms with van der Waals surface area (Å²) in [6.07, 6.45) is 0.236. The first-order chi connectivity index (χ1) is 14.6. The predicted molar refractivity (Wildman–Crippen MR) is 121 cm³/mol. The molecule has 3 heterocycles. The van der Waals surface area contributed by atoms with E-state index in [4.69, 9.17) is 16.3 Å². The molecule has 0 bridgehead atoms. The molecule has 2 aliphatic rings. The number of rotatable bonds is 4. The van der Waals surface area contributed by atoms with E-state index in [9.17, 15) is 9.59 Å². The first-order valence-electron chi connectivity index (χ1n) is 9.73. The fourth-order valence-corrected chi connectivity index (χ4v) is 6.89. The minimum absolute atomic E-state index is 0.00332. The van der Waals surface area contributed by atoms with Gasteiger partial charge in [0, 0.05) is 51.7 Å². The Labute approximate surface area is 187 Å². The number of amides is 1. The van der Waals surface area contributed by atoms with E-state index in [1.165, 1.54) is 11.3 Å². The number of fused-ring (bicyclic) bond motifs is 5. The number of hydrogen-bond donors (Lipinski definition) is 1. The number of aromatic nitrogens is 1. The molecule has 5 rings (SSSR count). The lowest BCUT2D eigenvalue weighted by atomic mass is 9.84. The summed E-state index contributed by atoms with van der Waals surface area (Å²) in [6, 6.07) is 15.1. The van der Waals surface area contributed by atoms with Gasteiger partial charge in [-0.05, 0) is 30.3 Å². The summed E-state index contributed by atoms with van der Waals surface area (Å²) in [7, 11) is 0. The quantitative estimate of drug-likeness (QED) is 0.607. The number of nitrogens with one attached hydrogen (secondary N) is 1. The van der Waals surface area contributed by atoms with E-state index in [-0.39, 0.29) is 23.1 Å². The maximum Gasteiger partial charge on any atom is 0.308 e. The predicted octanol–water partition coefficient (Wildman–Crippen LogP) is 4.84. The van der Waals surface area contributed by atoms with Gasteiger partial charge in [0.15, 0.2) is 0 Å². The van der Waals surface area contributed by atoms with E-state index in [0.29, 0.717) is 29.8 Å². The summed E-state index contributed by atoms with van der Waals surface area (Å²) in [6.45, 7) is 1.04. The minimum atomic E-state index is -0.126. The van der Waals surface area contributed by atoms with Crippen LogP contribution in [0.4, 0.5) is 5.69 Å². The molecule has 0 saturated carbocycles. The summed E-state index contributed by atoms with van der Waals surface area (Å²) in [4.78, 5) is 26.3. The van der Waals surface area contributed by atoms with Crippen LogP contribution in [0.25, 0.3) is 0 Å². The Morgan fingerprint density at radius 2 is 2.00 bits per heavy atom. The highest BCUT2D eigenvalue weighted by Crippen LogP contribution is 2.50. The number of hydrogen-bond acceptors (Lipinski definition) is 5. The van der Waals surface area contributed by atoms with Crippen molar-refractivity contribution in [2.75, 3.05) is 17.7 Å². The number of nitrogens with zero attached hydrogens (tertiary/aromatic N) is 1. The van der Waals surface area contributed by atoms with E-state index < -0.39 is 0 Å². The first kappa shape index (κ1) is 19.7. The Morgan fingerprint density at radius 1 is 1.20 bits per heavy atom. The fourth-order valence-electron chi connectivity index (χ4n) is 4.02. The molecule has 8 heteroatoms. The monoisotopic (exact) mass is 458 g/mol. The number of para-hydroxylation sites is 1. The molecular formula is C22H19ClN2O3S2. The number of carbonyl (C=O) groups excluding carboxylic acids is 1. The van der Waals surface area contributed by atoms with Crippen molar-refractivity contribution in [1.82, 2.24) is 4.57 Å². The van der Waals surface area contributed by atoms with Crippen molar-refractivity contribution in [3.63, 3.8) is 0 Å². The van der Waals surface area contributed by atoms with Gasteiger partial charge in [-0.3, -0.25) is 14.2 Å². The topological polar surface area (TPSA) is 60.3 Å². The highest BCUT2D eigenvalue weighted by Gasteiger charge is 2.39. The van der Waals surface area contributed by atoms with Crippen LogP contribution in [0.15, 0.2) is 58.4 Å². The van der Waals surface area contributed by atoms with Crippen LogP contribution in [-0.4, -0.2) is 22.8 Å². The third-order valence-electron chi connectivity index (χ3n) is 5.46. The molecule has 3 aromatic rings. The van der Waals surface area contributed by atoms with Gasteiger partial charge in [0.25, 0.3) is 0 Å². The number of halogens is 1. The van der Waals surface area contributed by atoms with Crippen LogP contribution >= 0.6 is 34.7 Å². The molecule has 30 heavy (non-hydrogen) atoms. The summed E-state index contributed by atoms with van der Waals surface area (Å²) < 4.78 is 7.70. The largest absolute Gasteiger partial charge is 0.493 e. The molecule has 1 N–H and O–H groups in total. The molecule has 1 aromatic heterocycles. The molecule has 0 radical (unpaired) electrons. The molecule has 0 spiro atoms. The van der Waals surface area contributed by atoms with Crippen LogP contribution in [0, 0.1) is 5.92 Å². The first-order valence-corrected chi connectivity index (χ1v) is 11.9. The zero-order chi connectivity index (χ0) is 20.7. The lowest BCUT2D eigenvalue weighted by molar-refractivity contribution is -0.116. The Balaban J connectivity index is 1.36. The molecular weight excluding hydrogens is 440 g/mol. The second-order valence-corrected chi connectivity index (χ2v) is 9.83. The van der Waals surface area contributed by atoms with Crippen LogP contribution in [0.2, 0.25) is 5.02 Å². The molecule has 2 aliphatic heterocycles. The minimum Gasteiger partial charge on any atom is -0.493 e. The third kappa shape index (κ3) is 3.66. The number of thioether (sulfide) groups is 1. The van der Waals surface area contributed by atoms with E-state index >= 15 is 0 Å². The van der Waals surface area contributed by atoms with Crippen molar-refractivity contribution in [2.24, 2.45) is 5.92 Å².